The van der Waals surface area contributed by atoms with Crippen molar-refractivity contribution in [3.05, 3.63) is 70.4 Å². The van der Waals surface area contributed by atoms with Crippen molar-refractivity contribution >= 4 is 18.2 Å². The Labute approximate surface area is 226 Å². The molecule has 0 radical (unpaired) electrons. The highest BCUT2D eigenvalue weighted by Gasteiger charge is 2.39. The van der Waals surface area contributed by atoms with Crippen molar-refractivity contribution in [2.24, 2.45) is 5.10 Å². The molecule has 0 aliphatic carbocycles. The first-order valence-corrected chi connectivity index (χ1v) is 12.5. The lowest BCUT2D eigenvalue weighted by Crippen LogP contribution is -2.58. The first-order valence-electron chi connectivity index (χ1n) is 12.5. The van der Waals surface area contributed by atoms with Crippen LogP contribution < -0.4 is 10.1 Å². The maximum absolute atomic E-state index is 14.6. The summed E-state index contributed by atoms with van der Waals surface area (Å²) in [4.78, 5) is 31.0. The largest absolute Gasteiger partial charge is 0.483 e. The number of pyridine rings is 1. The molecule has 0 bridgehead atoms. The van der Waals surface area contributed by atoms with Crippen molar-refractivity contribution in [1.82, 2.24) is 30.0 Å². The molecule has 4 heterocycles. The SMILES string of the molecule is Cc1nn(-c2cc(OC3CN(C(=O)N4N=CC[C@H]4c4cc(F)cc(F)c4)C3)c(F)cn2)c(C)c1C(=O)NCCO. The minimum Gasteiger partial charge on any atom is -0.483 e. The van der Waals surface area contributed by atoms with E-state index in [2.05, 4.69) is 20.5 Å². The highest BCUT2D eigenvalue weighted by Crippen LogP contribution is 2.32. The molecule has 210 valence electrons. The molecule has 2 aliphatic rings. The molecule has 0 unspecified atom stereocenters. The Balaban J connectivity index is 1.25. The van der Waals surface area contributed by atoms with Gasteiger partial charge in [-0.05, 0) is 31.5 Å². The highest BCUT2D eigenvalue weighted by molar-refractivity contribution is 5.96. The molecule has 0 saturated carbocycles. The Morgan fingerprint density at radius 1 is 1.12 bits per heavy atom. The molecule has 1 aromatic carbocycles. The first kappa shape index (κ1) is 27.1. The molecular weight excluding hydrogens is 531 g/mol. The van der Waals surface area contributed by atoms with Crippen molar-refractivity contribution in [2.75, 3.05) is 26.2 Å². The lowest BCUT2D eigenvalue weighted by Gasteiger charge is -2.41. The number of hydrogen-bond acceptors (Lipinski definition) is 7. The maximum Gasteiger partial charge on any atom is 0.341 e. The summed E-state index contributed by atoms with van der Waals surface area (Å²) in [6.07, 6.45) is 2.28. The minimum absolute atomic E-state index is 0.0880. The number of likely N-dealkylation sites (tertiary alicyclic amines) is 1. The third-order valence-corrected chi connectivity index (χ3v) is 6.65. The van der Waals surface area contributed by atoms with Gasteiger partial charge < -0.3 is 20.1 Å². The van der Waals surface area contributed by atoms with E-state index in [1.165, 1.54) is 39.0 Å². The van der Waals surface area contributed by atoms with Gasteiger partial charge in [-0.15, -0.1) is 0 Å². The average Bonchev–Trinajstić information content (AvgIpc) is 3.49. The van der Waals surface area contributed by atoms with Crippen LogP contribution in [-0.4, -0.2) is 80.3 Å². The molecule has 2 aliphatic heterocycles. The fourth-order valence-corrected chi connectivity index (χ4v) is 4.70. The van der Waals surface area contributed by atoms with E-state index in [1.54, 1.807) is 13.8 Å². The fourth-order valence-electron chi connectivity index (χ4n) is 4.70. The van der Waals surface area contributed by atoms with E-state index in [9.17, 15) is 22.8 Å². The summed E-state index contributed by atoms with van der Waals surface area (Å²) in [5, 5.41) is 21.2. The molecule has 2 aromatic heterocycles. The smallest absolute Gasteiger partial charge is 0.341 e. The summed E-state index contributed by atoms with van der Waals surface area (Å²) >= 11 is 0. The van der Waals surface area contributed by atoms with E-state index in [0.29, 0.717) is 28.9 Å². The summed E-state index contributed by atoms with van der Waals surface area (Å²) in [7, 11) is 0. The third kappa shape index (κ3) is 5.21. The quantitative estimate of drug-likeness (QED) is 0.460. The second kappa shape index (κ2) is 11.0. The van der Waals surface area contributed by atoms with E-state index in [-0.39, 0.29) is 37.8 Å². The zero-order valence-corrected chi connectivity index (χ0v) is 21.6. The number of amides is 3. The summed E-state index contributed by atoms with van der Waals surface area (Å²) < 4.78 is 49.2. The second-order valence-corrected chi connectivity index (χ2v) is 9.43. The summed E-state index contributed by atoms with van der Waals surface area (Å²) in [5.74, 6) is -2.48. The van der Waals surface area contributed by atoms with Crippen LogP contribution in [0.1, 0.15) is 39.8 Å². The van der Waals surface area contributed by atoms with Gasteiger partial charge in [0.25, 0.3) is 5.91 Å². The number of hydrogen-bond donors (Lipinski definition) is 2. The third-order valence-electron chi connectivity index (χ3n) is 6.65. The summed E-state index contributed by atoms with van der Waals surface area (Å²) in [6, 6.07) is 3.34. The van der Waals surface area contributed by atoms with Crippen molar-refractivity contribution in [3.63, 3.8) is 0 Å². The normalized spacial score (nSPS) is 16.8. The Kier molecular flexibility index (Phi) is 7.43. The molecule has 3 amide bonds. The standard InChI is InChI=1S/C26H26F3N7O4/c1-14-24(25(38)30-5-6-37)15(2)35(33-14)23-10-22(20(29)11-31-23)40-19-12-34(13-19)26(39)36-21(3-4-32-36)16-7-17(27)9-18(28)8-16/h4,7-11,19,21,37H,3,5-6,12-13H2,1-2H3,(H,30,38)/t21-/m0/s1. The Hall–Kier alpha value is -4.46. The molecular formula is C26H26F3N7O4. The predicted octanol–water partition coefficient (Wildman–Crippen LogP) is 2.64. The van der Waals surface area contributed by atoms with Gasteiger partial charge in [-0.1, -0.05) is 0 Å². The van der Waals surface area contributed by atoms with Gasteiger partial charge in [-0.25, -0.2) is 32.6 Å². The number of carbonyl (C=O) groups excluding carboxylic acids is 2. The van der Waals surface area contributed by atoms with Gasteiger partial charge >= 0.3 is 6.03 Å². The van der Waals surface area contributed by atoms with Crippen LogP contribution in [-0.2, 0) is 0 Å². The number of urea groups is 1. The van der Waals surface area contributed by atoms with Crippen molar-refractivity contribution in [3.8, 4) is 11.6 Å². The number of nitrogens with zero attached hydrogens (tertiary/aromatic N) is 6. The summed E-state index contributed by atoms with van der Waals surface area (Å²) in [6.45, 7) is 3.48. The molecule has 40 heavy (non-hydrogen) atoms. The second-order valence-electron chi connectivity index (χ2n) is 9.43. The van der Waals surface area contributed by atoms with Crippen LogP contribution in [0.3, 0.4) is 0 Å². The number of ether oxygens (including phenoxy) is 1. The minimum atomic E-state index is -0.743. The van der Waals surface area contributed by atoms with Gasteiger partial charge in [0.2, 0.25) is 0 Å². The molecule has 1 atom stereocenters. The van der Waals surface area contributed by atoms with Crippen molar-refractivity contribution in [1.29, 1.82) is 0 Å². The molecule has 14 heteroatoms. The Morgan fingerprint density at radius 2 is 1.85 bits per heavy atom. The van der Waals surface area contributed by atoms with Crippen LogP contribution in [0.2, 0.25) is 0 Å². The lowest BCUT2D eigenvalue weighted by atomic mass is 10.0. The van der Waals surface area contributed by atoms with Crippen LogP contribution in [0.4, 0.5) is 18.0 Å². The van der Waals surface area contributed by atoms with Crippen LogP contribution >= 0.6 is 0 Å². The van der Waals surface area contributed by atoms with Gasteiger partial charge in [0.1, 0.15) is 17.7 Å². The zero-order chi connectivity index (χ0) is 28.6. The van der Waals surface area contributed by atoms with E-state index >= 15 is 0 Å². The highest BCUT2D eigenvalue weighted by atomic mass is 19.1. The van der Waals surface area contributed by atoms with Gasteiger partial charge in [0.15, 0.2) is 17.4 Å². The molecule has 5 rings (SSSR count). The monoisotopic (exact) mass is 557 g/mol. The molecule has 1 fully saturated rings. The average molecular weight is 558 g/mol. The van der Waals surface area contributed by atoms with E-state index < -0.39 is 41.5 Å². The number of benzene rings is 1. The maximum atomic E-state index is 14.6. The number of rotatable bonds is 7. The number of hydrazone groups is 1. The van der Waals surface area contributed by atoms with Gasteiger partial charge in [0.05, 0.1) is 48.9 Å². The van der Waals surface area contributed by atoms with Crippen molar-refractivity contribution in [2.45, 2.75) is 32.4 Å². The van der Waals surface area contributed by atoms with Gasteiger partial charge in [-0.2, -0.15) is 10.2 Å². The molecule has 3 aromatic rings. The lowest BCUT2D eigenvalue weighted by molar-refractivity contribution is 0.0256. The fraction of sp³-hybridized carbons (Fsp3) is 0.346. The Bertz CT molecular complexity index is 1470. The molecule has 0 spiro atoms. The molecule has 1 saturated heterocycles. The number of aliphatic hydroxyl groups excluding tert-OH is 1. The molecule has 2 N–H and O–H groups in total. The predicted molar refractivity (Wildman–Crippen MR) is 136 cm³/mol. The number of carbonyl (C=O) groups is 2. The zero-order valence-electron chi connectivity index (χ0n) is 21.6. The van der Waals surface area contributed by atoms with Gasteiger partial charge in [0, 0.05) is 31.3 Å². The van der Waals surface area contributed by atoms with E-state index in [1.807, 2.05) is 0 Å². The van der Waals surface area contributed by atoms with Crippen LogP contribution in [0.15, 0.2) is 35.6 Å². The van der Waals surface area contributed by atoms with Gasteiger partial charge in [-0.3, -0.25) is 4.79 Å². The van der Waals surface area contributed by atoms with Crippen molar-refractivity contribution < 1.29 is 32.6 Å². The number of halogens is 3. The number of aliphatic hydroxyl groups is 1. The molecule has 11 nitrogen and oxygen atoms in total. The van der Waals surface area contributed by atoms with E-state index in [0.717, 1.165) is 12.3 Å². The van der Waals surface area contributed by atoms with Crippen LogP contribution in [0.5, 0.6) is 5.75 Å². The number of nitrogens with one attached hydrogen (secondary N) is 1. The topological polar surface area (TPSA) is 125 Å². The first-order chi connectivity index (χ1) is 19.2. The van der Waals surface area contributed by atoms with Crippen LogP contribution in [0, 0.1) is 31.3 Å². The van der Waals surface area contributed by atoms with Crippen LogP contribution in [0.25, 0.3) is 5.82 Å². The summed E-state index contributed by atoms with van der Waals surface area (Å²) in [5.41, 5.74) is 1.51. The Morgan fingerprint density at radius 3 is 2.55 bits per heavy atom. The van der Waals surface area contributed by atoms with E-state index in [4.69, 9.17) is 9.84 Å². The number of aryl methyl sites for hydroxylation is 1. The number of aromatic nitrogens is 3.